The molecule has 0 aliphatic rings. The van der Waals surface area contributed by atoms with Crippen molar-refractivity contribution in [1.29, 1.82) is 0 Å². The minimum Gasteiger partial charge on any atom is -0.346 e. The van der Waals surface area contributed by atoms with Gasteiger partial charge in [0.15, 0.2) is 0 Å². The van der Waals surface area contributed by atoms with Gasteiger partial charge in [0.05, 0.1) is 4.90 Å². The highest BCUT2D eigenvalue weighted by Crippen LogP contribution is 2.15. The van der Waals surface area contributed by atoms with E-state index in [2.05, 4.69) is 4.72 Å². The van der Waals surface area contributed by atoms with Crippen molar-refractivity contribution in [2.75, 3.05) is 6.54 Å². The molecule has 0 saturated heterocycles. The summed E-state index contributed by atoms with van der Waals surface area (Å²) in [6, 6.07) is 14.7. The summed E-state index contributed by atoms with van der Waals surface area (Å²) in [7, 11) is -3.61. The first-order chi connectivity index (χ1) is 10.6. The fourth-order valence-corrected chi connectivity index (χ4v) is 3.35. The normalized spacial score (nSPS) is 11.9. The average molecular weight is 318 g/mol. The number of nitrogens with one attached hydrogen (secondary N) is 1. The van der Waals surface area contributed by atoms with Gasteiger partial charge in [0, 0.05) is 24.8 Å². The van der Waals surface area contributed by atoms with E-state index in [1.807, 2.05) is 41.1 Å². The van der Waals surface area contributed by atoms with E-state index < -0.39 is 15.8 Å². The average Bonchev–Trinajstić information content (AvgIpc) is 2.91. The van der Waals surface area contributed by atoms with Crippen LogP contribution in [0, 0.1) is 5.82 Å². The zero-order valence-corrected chi connectivity index (χ0v) is 12.6. The molecular weight excluding hydrogens is 303 g/mol. The molecule has 0 aliphatic carbocycles. The highest BCUT2D eigenvalue weighted by atomic mass is 32.2. The van der Waals surface area contributed by atoms with E-state index in [1.54, 1.807) is 0 Å². The molecular formula is C16H15FN2O2S. The summed E-state index contributed by atoms with van der Waals surface area (Å²) in [5.74, 6) is -0.460. The summed E-state index contributed by atoms with van der Waals surface area (Å²) in [5, 5.41) is 1.11. The van der Waals surface area contributed by atoms with Gasteiger partial charge in [-0.1, -0.05) is 18.2 Å². The Morgan fingerprint density at radius 3 is 2.50 bits per heavy atom. The largest absolute Gasteiger partial charge is 0.346 e. The van der Waals surface area contributed by atoms with E-state index >= 15 is 0 Å². The van der Waals surface area contributed by atoms with Crippen molar-refractivity contribution in [3.8, 4) is 0 Å². The minimum absolute atomic E-state index is 0.0614. The molecule has 0 radical (unpaired) electrons. The van der Waals surface area contributed by atoms with Crippen LogP contribution in [-0.2, 0) is 16.6 Å². The molecule has 0 atom stereocenters. The van der Waals surface area contributed by atoms with Crippen molar-refractivity contribution in [3.05, 3.63) is 66.6 Å². The second kappa shape index (κ2) is 5.90. The van der Waals surface area contributed by atoms with Crippen LogP contribution in [0.4, 0.5) is 4.39 Å². The molecule has 3 rings (SSSR count). The Morgan fingerprint density at radius 2 is 1.73 bits per heavy atom. The maximum absolute atomic E-state index is 12.8. The first-order valence-corrected chi connectivity index (χ1v) is 8.34. The molecule has 0 fully saturated rings. The third-order valence-corrected chi connectivity index (χ3v) is 4.93. The molecule has 1 heterocycles. The lowest BCUT2D eigenvalue weighted by atomic mass is 10.2. The Hall–Kier alpha value is -2.18. The number of hydrogen-bond acceptors (Lipinski definition) is 2. The van der Waals surface area contributed by atoms with Gasteiger partial charge in [-0.05, 0) is 41.8 Å². The van der Waals surface area contributed by atoms with E-state index in [0.717, 1.165) is 23.0 Å². The van der Waals surface area contributed by atoms with Crippen LogP contribution in [0.2, 0.25) is 0 Å². The number of para-hydroxylation sites is 1. The number of halogens is 1. The highest BCUT2D eigenvalue weighted by molar-refractivity contribution is 7.89. The van der Waals surface area contributed by atoms with Crippen LogP contribution in [0.3, 0.4) is 0 Å². The smallest absolute Gasteiger partial charge is 0.240 e. The molecule has 0 spiro atoms. The fourth-order valence-electron chi connectivity index (χ4n) is 2.33. The molecule has 0 aliphatic heterocycles. The number of hydrogen-bond donors (Lipinski definition) is 1. The lowest BCUT2D eigenvalue weighted by molar-refractivity contribution is 0.574. The Bertz CT molecular complexity index is 886. The molecule has 0 bridgehead atoms. The zero-order chi connectivity index (χ0) is 15.6. The molecule has 2 aromatic carbocycles. The maximum Gasteiger partial charge on any atom is 0.240 e. The van der Waals surface area contributed by atoms with Gasteiger partial charge in [0.2, 0.25) is 10.0 Å². The van der Waals surface area contributed by atoms with Crippen LogP contribution in [0.15, 0.2) is 65.7 Å². The van der Waals surface area contributed by atoms with E-state index in [4.69, 9.17) is 0 Å². The second-order valence-corrected chi connectivity index (χ2v) is 6.69. The zero-order valence-electron chi connectivity index (χ0n) is 11.7. The molecule has 0 amide bonds. The number of nitrogens with zero attached hydrogens (tertiary/aromatic N) is 1. The van der Waals surface area contributed by atoms with Crippen molar-refractivity contribution >= 4 is 20.9 Å². The van der Waals surface area contributed by atoms with Crippen LogP contribution in [0.5, 0.6) is 0 Å². The molecule has 1 aromatic heterocycles. The van der Waals surface area contributed by atoms with Gasteiger partial charge < -0.3 is 4.57 Å². The SMILES string of the molecule is O=S(=O)(NCCn1ccc2ccccc21)c1ccc(F)cc1. The monoisotopic (exact) mass is 318 g/mol. The first kappa shape index (κ1) is 14.7. The Labute approximate surface area is 128 Å². The minimum atomic E-state index is -3.61. The number of fused-ring (bicyclic) bond motifs is 1. The van der Waals surface area contributed by atoms with Crippen LogP contribution in [-0.4, -0.2) is 19.5 Å². The Balaban J connectivity index is 1.68. The molecule has 0 unspecified atom stereocenters. The van der Waals surface area contributed by atoms with Gasteiger partial charge in [-0.15, -0.1) is 0 Å². The summed E-state index contributed by atoms with van der Waals surface area (Å²) in [6.07, 6.45) is 1.93. The van der Waals surface area contributed by atoms with Gasteiger partial charge in [0.1, 0.15) is 5.82 Å². The third-order valence-electron chi connectivity index (χ3n) is 3.45. The Kier molecular flexibility index (Phi) is 3.96. The lowest BCUT2D eigenvalue weighted by Gasteiger charge is -2.08. The van der Waals surface area contributed by atoms with Gasteiger partial charge in [-0.2, -0.15) is 0 Å². The Morgan fingerprint density at radius 1 is 1.00 bits per heavy atom. The topological polar surface area (TPSA) is 51.1 Å². The molecule has 1 N–H and O–H groups in total. The van der Waals surface area contributed by atoms with Crippen molar-refractivity contribution in [1.82, 2.24) is 9.29 Å². The predicted octanol–water partition coefficient (Wildman–Crippen LogP) is 2.76. The van der Waals surface area contributed by atoms with E-state index in [1.165, 1.54) is 12.1 Å². The summed E-state index contributed by atoms with van der Waals surface area (Å²) >= 11 is 0. The fraction of sp³-hybridized carbons (Fsp3) is 0.125. The third kappa shape index (κ3) is 3.03. The van der Waals surface area contributed by atoms with Crippen LogP contribution >= 0.6 is 0 Å². The van der Waals surface area contributed by atoms with E-state index in [0.29, 0.717) is 6.54 Å². The molecule has 0 saturated carbocycles. The number of benzene rings is 2. The summed E-state index contributed by atoms with van der Waals surface area (Å²) in [5.41, 5.74) is 1.06. The summed E-state index contributed by atoms with van der Waals surface area (Å²) in [4.78, 5) is 0.0614. The second-order valence-electron chi connectivity index (χ2n) is 4.92. The van der Waals surface area contributed by atoms with Crippen LogP contribution in [0.1, 0.15) is 0 Å². The van der Waals surface area contributed by atoms with Crippen molar-refractivity contribution in [2.24, 2.45) is 0 Å². The first-order valence-electron chi connectivity index (χ1n) is 6.85. The molecule has 3 aromatic rings. The number of rotatable bonds is 5. The van der Waals surface area contributed by atoms with Crippen LogP contribution in [0.25, 0.3) is 10.9 Å². The summed E-state index contributed by atoms with van der Waals surface area (Å²) in [6.45, 7) is 0.784. The molecule has 4 nitrogen and oxygen atoms in total. The molecule has 114 valence electrons. The van der Waals surface area contributed by atoms with E-state index in [9.17, 15) is 12.8 Å². The van der Waals surface area contributed by atoms with Crippen molar-refractivity contribution in [3.63, 3.8) is 0 Å². The van der Waals surface area contributed by atoms with Gasteiger partial charge in [0.25, 0.3) is 0 Å². The molecule has 6 heteroatoms. The highest BCUT2D eigenvalue weighted by Gasteiger charge is 2.13. The lowest BCUT2D eigenvalue weighted by Crippen LogP contribution is -2.27. The predicted molar refractivity (Wildman–Crippen MR) is 83.5 cm³/mol. The number of sulfonamides is 1. The van der Waals surface area contributed by atoms with Crippen molar-refractivity contribution in [2.45, 2.75) is 11.4 Å². The van der Waals surface area contributed by atoms with E-state index in [-0.39, 0.29) is 11.4 Å². The standard InChI is InChI=1S/C16H15FN2O2S/c17-14-5-7-15(8-6-14)22(20,21)18-10-12-19-11-9-13-3-1-2-4-16(13)19/h1-9,11,18H,10,12H2. The molecule has 22 heavy (non-hydrogen) atoms. The number of aromatic nitrogens is 1. The van der Waals surface area contributed by atoms with Gasteiger partial charge in [-0.25, -0.2) is 17.5 Å². The van der Waals surface area contributed by atoms with Crippen molar-refractivity contribution < 1.29 is 12.8 Å². The van der Waals surface area contributed by atoms with Gasteiger partial charge in [-0.3, -0.25) is 0 Å². The van der Waals surface area contributed by atoms with Gasteiger partial charge >= 0.3 is 0 Å². The quantitative estimate of drug-likeness (QED) is 0.786. The summed E-state index contributed by atoms with van der Waals surface area (Å²) < 4.78 is 41.5. The van der Waals surface area contributed by atoms with Crippen LogP contribution < -0.4 is 4.72 Å². The maximum atomic E-state index is 12.8.